The zero-order valence-corrected chi connectivity index (χ0v) is 9.78. The number of oxazole rings is 1. The van der Waals surface area contributed by atoms with Crippen molar-refractivity contribution >= 4 is 11.1 Å². The number of benzene rings is 1. The molecule has 90 valence electrons. The molecule has 4 heteroatoms. The Kier molecular flexibility index (Phi) is 2.78. The predicted octanol–water partition coefficient (Wildman–Crippen LogP) is 2.47. The first-order valence-electron chi connectivity index (χ1n) is 5.83. The average molecular weight is 239 g/mol. The highest BCUT2D eigenvalue weighted by atomic mass is 16.3. The summed E-state index contributed by atoms with van der Waals surface area (Å²) in [6.45, 7) is 0. The summed E-state index contributed by atoms with van der Waals surface area (Å²) in [5.74, 6) is 0.667. The van der Waals surface area contributed by atoms with Crippen molar-refractivity contribution in [1.82, 2.24) is 9.97 Å². The van der Waals surface area contributed by atoms with E-state index in [4.69, 9.17) is 10.2 Å². The van der Waals surface area contributed by atoms with Crippen molar-refractivity contribution in [3.63, 3.8) is 0 Å². The number of pyridine rings is 1. The van der Waals surface area contributed by atoms with Gasteiger partial charge in [0.05, 0.1) is 0 Å². The summed E-state index contributed by atoms with van der Waals surface area (Å²) in [5.41, 5.74) is 8.83. The van der Waals surface area contributed by atoms with E-state index in [1.807, 2.05) is 36.4 Å². The van der Waals surface area contributed by atoms with Gasteiger partial charge >= 0.3 is 0 Å². The second-order valence-electron chi connectivity index (χ2n) is 4.17. The molecule has 2 aromatic heterocycles. The molecule has 1 unspecified atom stereocenters. The molecule has 0 radical (unpaired) electrons. The second-order valence-corrected chi connectivity index (χ2v) is 4.17. The van der Waals surface area contributed by atoms with E-state index < -0.39 is 0 Å². The van der Waals surface area contributed by atoms with Crippen molar-refractivity contribution in [2.24, 2.45) is 5.73 Å². The van der Waals surface area contributed by atoms with Crippen LogP contribution in [-0.4, -0.2) is 9.97 Å². The SMILES string of the molecule is NC(Cc1nc2ccccc2o1)c1ccncc1. The molecule has 0 saturated carbocycles. The standard InChI is InChI=1S/C14H13N3O/c15-11(10-5-7-16-8-6-10)9-14-17-12-3-1-2-4-13(12)18-14/h1-8,11H,9,15H2. The Morgan fingerprint density at radius 2 is 1.89 bits per heavy atom. The molecule has 0 fully saturated rings. The molecule has 1 aromatic carbocycles. The molecule has 18 heavy (non-hydrogen) atoms. The van der Waals surface area contributed by atoms with Crippen LogP contribution < -0.4 is 5.73 Å². The Balaban J connectivity index is 1.84. The first-order valence-corrected chi connectivity index (χ1v) is 5.83. The van der Waals surface area contributed by atoms with E-state index >= 15 is 0 Å². The van der Waals surface area contributed by atoms with Crippen molar-refractivity contribution in [3.8, 4) is 0 Å². The molecule has 0 aliphatic rings. The summed E-state index contributed by atoms with van der Waals surface area (Å²) in [7, 11) is 0. The van der Waals surface area contributed by atoms with Crippen molar-refractivity contribution < 1.29 is 4.42 Å². The van der Waals surface area contributed by atoms with E-state index in [0.717, 1.165) is 16.7 Å². The molecule has 0 saturated heterocycles. The summed E-state index contributed by atoms with van der Waals surface area (Å²) in [4.78, 5) is 8.39. The maximum absolute atomic E-state index is 6.12. The van der Waals surface area contributed by atoms with Crippen LogP contribution in [0.4, 0.5) is 0 Å². The third-order valence-corrected chi connectivity index (χ3v) is 2.87. The largest absolute Gasteiger partial charge is 0.441 e. The summed E-state index contributed by atoms with van der Waals surface area (Å²) >= 11 is 0. The maximum atomic E-state index is 6.12. The lowest BCUT2D eigenvalue weighted by Gasteiger charge is -2.08. The van der Waals surface area contributed by atoms with Gasteiger partial charge in [-0.3, -0.25) is 4.98 Å². The Morgan fingerprint density at radius 3 is 2.67 bits per heavy atom. The first-order chi connectivity index (χ1) is 8.83. The molecule has 0 aliphatic heterocycles. The minimum atomic E-state index is -0.124. The highest BCUT2D eigenvalue weighted by Crippen LogP contribution is 2.19. The Morgan fingerprint density at radius 1 is 1.11 bits per heavy atom. The van der Waals surface area contributed by atoms with Gasteiger partial charge in [0.15, 0.2) is 11.5 Å². The molecule has 1 atom stereocenters. The number of para-hydroxylation sites is 2. The molecule has 3 aromatic rings. The van der Waals surface area contributed by atoms with Crippen LogP contribution in [0.2, 0.25) is 0 Å². The van der Waals surface area contributed by atoms with Crippen LogP contribution in [0.25, 0.3) is 11.1 Å². The zero-order chi connectivity index (χ0) is 12.4. The highest BCUT2D eigenvalue weighted by molar-refractivity contribution is 5.72. The minimum Gasteiger partial charge on any atom is -0.441 e. The molecule has 3 rings (SSSR count). The summed E-state index contributed by atoms with van der Waals surface area (Å²) in [6, 6.07) is 11.4. The molecule has 0 aliphatic carbocycles. The van der Waals surface area contributed by atoms with Crippen LogP contribution in [0, 0.1) is 0 Å². The molecular formula is C14H13N3O. The normalized spacial score (nSPS) is 12.7. The lowest BCUT2D eigenvalue weighted by Crippen LogP contribution is -2.13. The predicted molar refractivity (Wildman–Crippen MR) is 68.9 cm³/mol. The number of hydrogen-bond acceptors (Lipinski definition) is 4. The average Bonchev–Trinajstić information content (AvgIpc) is 2.82. The number of fused-ring (bicyclic) bond motifs is 1. The van der Waals surface area contributed by atoms with Gasteiger partial charge in [-0.2, -0.15) is 0 Å². The van der Waals surface area contributed by atoms with E-state index in [0.29, 0.717) is 12.3 Å². The second kappa shape index (κ2) is 4.58. The van der Waals surface area contributed by atoms with Crippen molar-refractivity contribution in [2.75, 3.05) is 0 Å². The molecule has 4 nitrogen and oxygen atoms in total. The van der Waals surface area contributed by atoms with Gasteiger partial charge in [0, 0.05) is 24.9 Å². The van der Waals surface area contributed by atoms with Gasteiger partial charge in [-0.05, 0) is 29.8 Å². The molecular weight excluding hydrogens is 226 g/mol. The van der Waals surface area contributed by atoms with Crippen LogP contribution in [0.15, 0.2) is 53.2 Å². The topological polar surface area (TPSA) is 64.9 Å². The van der Waals surface area contributed by atoms with Gasteiger partial charge < -0.3 is 10.2 Å². The smallest absolute Gasteiger partial charge is 0.197 e. The first kappa shape index (κ1) is 10.9. The summed E-state index contributed by atoms with van der Waals surface area (Å²) < 4.78 is 5.65. The number of nitrogens with two attached hydrogens (primary N) is 1. The number of rotatable bonds is 3. The molecule has 0 amide bonds. The van der Waals surface area contributed by atoms with Crippen LogP contribution in [0.1, 0.15) is 17.5 Å². The van der Waals surface area contributed by atoms with Crippen LogP contribution in [-0.2, 0) is 6.42 Å². The van der Waals surface area contributed by atoms with Gasteiger partial charge in [-0.1, -0.05) is 12.1 Å². The third kappa shape index (κ3) is 2.10. The lowest BCUT2D eigenvalue weighted by atomic mass is 10.1. The Hall–Kier alpha value is -2.20. The molecule has 0 bridgehead atoms. The number of hydrogen-bond donors (Lipinski definition) is 1. The molecule has 0 spiro atoms. The fourth-order valence-corrected chi connectivity index (χ4v) is 1.92. The maximum Gasteiger partial charge on any atom is 0.197 e. The highest BCUT2D eigenvalue weighted by Gasteiger charge is 2.11. The van der Waals surface area contributed by atoms with Gasteiger partial charge in [-0.25, -0.2) is 4.98 Å². The van der Waals surface area contributed by atoms with Gasteiger partial charge in [0.1, 0.15) is 5.52 Å². The van der Waals surface area contributed by atoms with E-state index in [1.54, 1.807) is 12.4 Å². The fraction of sp³-hybridized carbons (Fsp3) is 0.143. The van der Waals surface area contributed by atoms with Crippen molar-refractivity contribution in [3.05, 3.63) is 60.2 Å². The summed E-state index contributed by atoms with van der Waals surface area (Å²) in [6.07, 6.45) is 4.06. The van der Waals surface area contributed by atoms with Crippen LogP contribution in [0.5, 0.6) is 0 Å². The van der Waals surface area contributed by atoms with Crippen LogP contribution >= 0.6 is 0 Å². The van der Waals surface area contributed by atoms with Gasteiger partial charge in [-0.15, -0.1) is 0 Å². The Labute approximate surface area is 104 Å². The summed E-state index contributed by atoms with van der Waals surface area (Å²) in [5, 5.41) is 0. The monoisotopic (exact) mass is 239 g/mol. The van der Waals surface area contributed by atoms with Gasteiger partial charge in [0.2, 0.25) is 0 Å². The fourth-order valence-electron chi connectivity index (χ4n) is 1.92. The zero-order valence-electron chi connectivity index (χ0n) is 9.78. The Bertz CT molecular complexity index is 615. The van der Waals surface area contributed by atoms with E-state index in [9.17, 15) is 0 Å². The van der Waals surface area contributed by atoms with E-state index in [1.165, 1.54) is 0 Å². The number of aromatic nitrogens is 2. The molecule has 2 N–H and O–H groups in total. The van der Waals surface area contributed by atoms with E-state index in [2.05, 4.69) is 9.97 Å². The molecule has 2 heterocycles. The third-order valence-electron chi connectivity index (χ3n) is 2.87. The van der Waals surface area contributed by atoms with Crippen LogP contribution in [0.3, 0.4) is 0 Å². The van der Waals surface area contributed by atoms with E-state index in [-0.39, 0.29) is 6.04 Å². The van der Waals surface area contributed by atoms with Gasteiger partial charge in [0.25, 0.3) is 0 Å². The van der Waals surface area contributed by atoms with Crippen molar-refractivity contribution in [1.29, 1.82) is 0 Å². The quantitative estimate of drug-likeness (QED) is 0.762. The minimum absolute atomic E-state index is 0.124. The van der Waals surface area contributed by atoms with Crippen molar-refractivity contribution in [2.45, 2.75) is 12.5 Å². The lowest BCUT2D eigenvalue weighted by molar-refractivity contribution is 0.502. The number of nitrogens with zero attached hydrogens (tertiary/aromatic N) is 2.